The first-order valence-corrected chi connectivity index (χ1v) is 5.28. The standard InChI is InChI=1S/C13H16O2/c1-4-15-11-7-8-12(14-3)13-9(2)5-6-10(11)13/h7-8H,2,4-6H2,1,3H3. The summed E-state index contributed by atoms with van der Waals surface area (Å²) in [5, 5.41) is 0. The van der Waals surface area contributed by atoms with Crippen LogP contribution in [0.25, 0.3) is 5.57 Å². The van der Waals surface area contributed by atoms with E-state index in [-0.39, 0.29) is 0 Å². The van der Waals surface area contributed by atoms with E-state index < -0.39 is 0 Å². The van der Waals surface area contributed by atoms with Crippen LogP contribution in [0.5, 0.6) is 11.5 Å². The van der Waals surface area contributed by atoms with E-state index in [0.29, 0.717) is 6.61 Å². The maximum atomic E-state index is 5.60. The fraction of sp³-hybridized carbons (Fsp3) is 0.385. The summed E-state index contributed by atoms with van der Waals surface area (Å²) in [6, 6.07) is 3.94. The summed E-state index contributed by atoms with van der Waals surface area (Å²) < 4.78 is 10.9. The van der Waals surface area contributed by atoms with Crippen LogP contribution in [0.4, 0.5) is 0 Å². The van der Waals surface area contributed by atoms with Gasteiger partial charge >= 0.3 is 0 Å². The maximum Gasteiger partial charge on any atom is 0.126 e. The Morgan fingerprint density at radius 3 is 2.67 bits per heavy atom. The molecule has 2 rings (SSSR count). The lowest BCUT2D eigenvalue weighted by Crippen LogP contribution is -1.97. The van der Waals surface area contributed by atoms with Crippen LogP contribution in [0.2, 0.25) is 0 Å². The highest BCUT2D eigenvalue weighted by molar-refractivity contribution is 5.77. The van der Waals surface area contributed by atoms with Gasteiger partial charge in [-0.15, -0.1) is 0 Å². The van der Waals surface area contributed by atoms with Gasteiger partial charge in [0.1, 0.15) is 11.5 Å². The highest BCUT2D eigenvalue weighted by Crippen LogP contribution is 2.42. The van der Waals surface area contributed by atoms with Gasteiger partial charge in [0.05, 0.1) is 13.7 Å². The number of fused-ring (bicyclic) bond motifs is 1. The summed E-state index contributed by atoms with van der Waals surface area (Å²) in [4.78, 5) is 0. The zero-order valence-electron chi connectivity index (χ0n) is 9.30. The van der Waals surface area contributed by atoms with E-state index in [2.05, 4.69) is 6.58 Å². The Labute approximate surface area is 90.5 Å². The third kappa shape index (κ3) is 1.60. The fourth-order valence-corrected chi connectivity index (χ4v) is 2.10. The van der Waals surface area contributed by atoms with Crippen molar-refractivity contribution in [3.8, 4) is 11.5 Å². The molecule has 15 heavy (non-hydrogen) atoms. The average Bonchev–Trinajstić information content (AvgIpc) is 2.63. The Balaban J connectivity index is 2.52. The molecule has 0 aliphatic heterocycles. The first-order valence-electron chi connectivity index (χ1n) is 5.28. The van der Waals surface area contributed by atoms with Crippen LogP contribution in [0.15, 0.2) is 18.7 Å². The molecule has 0 aromatic heterocycles. The Bertz CT molecular complexity index is 394. The monoisotopic (exact) mass is 204 g/mol. The van der Waals surface area contributed by atoms with Crippen LogP contribution in [0, 0.1) is 0 Å². The van der Waals surface area contributed by atoms with Gasteiger partial charge in [0.25, 0.3) is 0 Å². The van der Waals surface area contributed by atoms with Gasteiger partial charge in [0.15, 0.2) is 0 Å². The third-order valence-corrected chi connectivity index (χ3v) is 2.78. The van der Waals surface area contributed by atoms with Crippen molar-refractivity contribution in [2.75, 3.05) is 13.7 Å². The van der Waals surface area contributed by atoms with Crippen LogP contribution >= 0.6 is 0 Å². The molecule has 1 aromatic rings. The number of benzene rings is 1. The van der Waals surface area contributed by atoms with Crippen LogP contribution < -0.4 is 9.47 Å². The van der Waals surface area contributed by atoms with Gasteiger partial charge < -0.3 is 9.47 Å². The zero-order valence-corrected chi connectivity index (χ0v) is 9.30. The predicted octanol–water partition coefficient (Wildman–Crippen LogP) is 3.05. The quantitative estimate of drug-likeness (QED) is 0.753. The van der Waals surface area contributed by atoms with E-state index in [1.54, 1.807) is 7.11 Å². The van der Waals surface area contributed by atoms with Crippen LogP contribution in [-0.4, -0.2) is 13.7 Å². The summed E-state index contributed by atoms with van der Waals surface area (Å²) in [6.45, 7) is 6.77. The van der Waals surface area contributed by atoms with Crippen LogP contribution in [-0.2, 0) is 6.42 Å². The number of rotatable bonds is 3. The minimum Gasteiger partial charge on any atom is -0.496 e. The molecule has 80 valence electrons. The number of hydrogen-bond acceptors (Lipinski definition) is 2. The van der Waals surface area contributed by atoms with Gasteiger partial charge in [-0.3, -0.25) is 0 Å². The second kappa shape index (κ2) is 3.97. The molecule has 0 saturated heterocycles. The van der Waals surface area contributed by atoms with Crippen molar-refractivity contribution >= 4 is 5.57 Å². The second-order valence-corrected chi connectivity index (χ2v) is 3.66. The van der Waals surface area contributed by atoms with E-state index in [1.165, 1.54) is 5.56 Å². The molecule has 1 aromatic carbocycles. The first kappa shape index (κ1) is 10.1. The summed E-state index contributed by atoms with van der Waals surface area (Å²) in [5.41, 5.74) is 3.56. The molecule has 0 heterocycles. The fourth-order valence-electron chi connectivity index (χ4n) is 2.10. The number of hydrogen-bond donors (Lipinski definition) is 0. The molecule has 0 unspecified atom stereocenters. The van der Waals surface area contributed by atoms with E-state index in [4.69, 9.17) is 9.47 Å². The molecule has 2 heteroatoms. The predicted molar refractivity (Wildman–Crippen MR) is 61.5 cm³/mol. The minimum atomic E-state index is 0.700. The largest absolute Gasteiger partial charge is 0.496 e. The summed E-state index contributed by atoms with van der Waals surface area (Å²) in [7, 11) is 1.70. The molecule has 2 nitrogen and oxygen atoms in total. The van der Waals surface area contributed by atoms with Crippen LogP contribution in [0.1, 0.15) is 24.5 Å². The molecule has 0 saturated carbocycles. The Kier molecular flexibility index (Phi) is 2.67. The van der Waals surface area contributed by atoms with Crippen molar-refractivity contribution in [2.24, 2.45) is 0 Å². The zero-order chi connectivity index (χ0) is 10.8. The lowest BCUT2D eigenvalue weighted by Gasteiger charge is -2.12. The molecule has 0 N–H and O–H groups in total. The Morgan fingerprint density at radius 1 is 1.27 bits per heavy atom. The first-order chi connectivity index (χ1) is 7.27. The highest BCUT2D eigenvalue weighted by atomic mass is 16.5. The Morgan fingerprint density at radius 2 is 2.00 bits per heavy atom. The Hall–Kier alpha value is -1.44. The number of ether oxygens (including phenoxy) is 2. The normalized spacial score (nSPS) is 13.9. The van der Waals surface area contributed by atoms with Crippen molar-refractivity contribution in [1.82, 2.24) is 0 Å². The van der Waals surface area contributed by atoms with Gasteiger partial charge in [-0.2, -0.15) is 0 Å². The van der Waals surface area contributed by atoms with E-state index in [1.807, 2.05) is 19.1 Å². The average molecular weight is 204 g/mol. The molecule has 0 fully saturated rings. The maximum absolute atomic E-state index is 5.60. The van der Waals surface area contributed by atoms with Crippen molar-refractivity contribution in [3.05, 3.63) is 29.8 Å². The molecule has 0 spiro atoms. The van der Waals surface area contributed by atoms with Crippen molar-refractivity contribution < 1.29 is 9.47 Å². The molecular formula is C13H16O2. The molecule has 1 aliphatic rings. The van der Waals surface area contributed by atoms with E-state index in [9.17, 15) is 0 Å². The summed E-state index contributed by atoms with van der Waals surface area (Å²) in [5.74, 6) is 1.89. The molecule has 0 amide bonds. The van der Waals surface area contributed by atoms with Gasteiger partial charge in [0.2, 0.25) is 0 Å². The van der Waals surface area contributed by atoms with Crippen molar-refractivity contribution in [3.63, 3.8) is 0 Å². The molecule has 0 atom stereocenters. The number of allylic oxidation sites excluding steroid dienone is 1. The lowest BCUT2D eigenvalue weighted by atomic mass is 10.1. The van der Waals surface area contributed by atoms with E-state index >= 15 is 0 Å². The van der Waals surface area contributed by atoms with Crippen molar-refractivity contribution in [1.29, 1.82) is 0 Å². The molecule has 0 radical (unpaired) electrons. The molecule has 1 aliphatic carbocycles. The van der Waals surface area contributed by atoms with E-state index in [0.717, 1.165) is 35.5 Å². The van der Waals surface area contributed by atoms with Gasteiger partial charge in [0, 0.05) is 11.1 Å². The highest BCUT2D eigenvalue weighted by Gasteiger charge is 2.22. The topological polar surface area (TPSA) is 18.5 Å². The summed E-state index contributed by atoms with van der Waals surface area (Å²) in [6.07, 6.45) is 2.02. The number of methoxy groups -OCH3 is 1. The summed E-state index contributed by atoms with van der Waals surface area (Å²) >= 11 is 0. The van der Waals surface area contributed by atoms with Crippen LogP contribution in [0.3, 0.4) is 0 Å². The minimum absolute atomic E-state index is 0.700. The smallest absolute Gasteiger partial charge is 0.126 e. The SMILES string of the molecule is C=C1CCc2c(OCC)ccc(OC)c21. The third-order valence-electron chi connectivity index (χ3n) is 2.78. The second-order valence-electron chi connectivity index (χ2n) is 3.66. The lowest BCUT2D eigenvalue weighted by molar-refractivity contribution is 0.335. The van der Waals surface area contributed by atoms with Gasteiger partial charge in [-0.25, -0.2) is 0 Å². The van der Waals surface area contributed by atoms with Crippen molar-refractivity contribution in [2.45, 2.75) is 19.8 Å². The molecule has 0 bridgehead atoms. The van der Waals surface area contributed by atoms with Gasteiger partial charge in [-0.1, -0.05) is 6.58 Å². The molecular weight excluding hydrogens is 188 g/mol. The van der Waals surface area contributed by atoms with Gasteiger partial charge in [-0.05, 0) is 37.5 Å².